The number of benzene rings is 1. The molecule has 1 aliphatic rings. The third kappa shape index (κ3) is 2.07. The second-order valence-electron chi connectivity index (χ2n) is 3.53. The second-order valence-corrected chi connectivity index (χ2v) is 4.44. The first-order valence-corrected chi connectivity index (χ1v) is 5.62. The zero-order chi connectivity index (χ0) is 9.97. The van der Waals surface area contributed by atoms with Crippen molar-refractivity contribution in [3.63, 3.8) is 0 Å². The molecule has 1 heterocycles. The lowest BCUT2D eigenvalue weighted by atomic mass is 10.1. The Kier molecular flexibility index (Phi) is 3.04. The van der Waals surface area contributed by atoms with Gasteiger partial charge in [0, 0.05) is 4.47 Å². The van der Waals surface area contributed by atoms with E-state index in [1.165, 1.54) is 5.56 Å². The van der Waals surface area contributed by atoms with Crippen molar-refractivity contribution in [2.24, 2.45) is 0 Å². The summed E-state index contributed by atoms with van der Waals surface area (Å²) in [6.45, 7) is 3.75. The van der Waals surface area contributed by atoms with Crippen molar-refractivity contribution in [1.82, 2.24) is 0 Å². The van der Waals surface area contributed by atoms with Gasteiger partial charge in [-0.15, -0.1) is 6.58 Å². The first-order valence-electron chi connectivity index (χ1n) is 4.83. The van der Waals surface area contributed by atoms with E-state index in [9.17, 15) is 0 Å². The number of rotatable bonds is 2. The molecule has 0 bridgehead atoms. The van der Waals surface area contributed by atoms with Crippen LogP contribution in [0, 0.1) is 0 Å². The smallest absolute Gasteiger partial charge is 0.0834 e. The minimum absolute atomic E-state index is 0.239. The largest absolute Gasteiger partial charge is 0.366 e. The maximum absolute atomic E-state index is 5.80. The molecular formula is C12H13BrO. The average Bonchev–Trinajstić information content (AvgIpc) is 2.67. The number of ether oxygens (including phenoxy) is 1. The van der Waals surface area contributed by atoms with Gasteiger partial charge < -0.3 is 4.74 Å². The zero-order valence-corrected chi connectivity index (χ0v) is 9.53. The van der Waals surface area contributed by atoms with Gasteiger partial charge in [0.2, 0.25) is 0 Å². The molecule has 1 aromatic rings. The summed E-state index contributed by atoms with van der Waals surface area (Å²) in [5.41, 5.74) is 1.26. The summed E-state index contributed by atoms with van der Waals surface area (Å²) in [5, 5.41) is 0. The predicted molar refractivity (Wildman–Crippen MR) is 61.2 cm³/mol. The molecule has 74 valence electrons. The first-order chi connectivity index (χ1) is 6.79. The Hall–Kier alpha value is -0.600. The standard InChI is InChI=1S/C12H13BrO/c1-2-11-7-8-12(14-11)9-3-5-10(13)6-4-9/h2-6,11-12H,1,7-8H2. The van der Waals surface area contributed by atoms with Crippen molar-refractivity contribution in [2.75, 3.05) is 0 Å². The van der Waals surface area contributed by atoms with Crippen molar-refractivity contribution < 1.29 is 4.74 Å². The van der Waals surface area contributed by atoms with Crippen LogP contribution in [0.1, 0.15) is 24.5 Å². The molecule has 1 fully saturated rings. The van der Waals surface area contributed by atoms with Gasteiger partial charge in [0.15, 0.2) is 0 Å². The lowest BCUT2D eigenvalue weighted by Crippen LogP contribution is -2.01. The molecule has 0 aromatic heterocycles. The van der Waals surface area contributed by atoms with Crippen molar-refractivity contribution in [1.29, 1.82) is 0 Å². The normalized spacial score (nSPS) is 26.4. The molecule has 1 aromatic carbocycles. The Morgan fingerprint density at radius 3 is 2.57 bits per heavy atom. The van der Waals surface area contributed by atoms with Crippen LogP contribution in [0.25, 0.3) is 0 Å². The van der Waals surface area contributed by atoms with Gasteiger partial charge in [0.1, 0.15) is 0 Å². The lowest BCUT2D eigenvalue weighted by molar-refractivity contribution is 0.0713. The summed E-state index contributed by atoms with van der Waals surface area (Å²) in [6, 6.07) is 8.33. The monoisotopic (exact) mass is 252 g/mol. The highest BCUT2D eigenvalue weighted by Gasteiger charge is 2.23. The maximum Gasteiger partial charge on any atom is 0.0834 e. The van der Waals surface area contributed by atoms with Gasteiger partial charge in [-0.2, -0.15) is 0 Å². The Morgan fingerprint density at radius 1 is 1.29 bits per heavy atom. The Bertz CT molecular complexity index is 318. The van der Waals surface area contributed by atoms with E-state index in [1.807, 2.05) is 6.08 Å². The summed E-state index contributed by atoms with van der Waals surface area (Å²) < 4.78 is 6.91. The van der Waals surface area contributed by atoms with Gasteiger partial charge in [-0.1, -0.05) is 34.1 Å². The maximum atomic E-state index is 5.80. The highest BCUT2D eigenvalue weighted by atomic mass is 79.9. The summed E-state index contributed by atoms with van der Waals surface area (Å²) in [5.74, 6) is 0. The molecular weight excluding hydrogens is 240 g/mol. The van der Waals surface area contributed by atoms with E-state index >= 15 is 0 Å². The summed E-state index contributed by atoms with van der Waals surface area (Å²) in [4.78, 5) is 0. The summed E-state index contributed by atoms with van der Waals surface area (Å²) in [6.07, 6.45) is 4.57. The van der Waals surface area contributed by atoms with E-state index in [1.54, 1.807) is 0 Å². The fraction of sp³-hybridized carbons (Fsp3) is 0.333. The Morgan fingerprint density at radius 2 is 2.00 bits per heavy atom. The molecule has 0 radical (unpaired) electrons. The van der Waals surface area contributed by atoms with Crippen LogP contribution < -0.4 is 0 Å². The zero-order valence-electron chi connectivity index (χ0n) is 7.95. The molecule has 2 rings (SSSR count). The predicted octanol–water partition coefficient (Wildman–Crippen LogP) is 3.86. The van der Waals surface area contributed by atoms with Crippen molar-refractivity contribution in [3.8, 4) is 0 Å². The fourth-order valence-corrected chi connectivity index (χ4v) is 2.02. The van der Waals surface area contributed by atoms with Gasteiger partial charge >= 0.3 is 0 Å². The first kappa shape index (κ1) is 9.94. The van der Waals surface area contributed by atoms with Crippen molar-refractivity contribution in [3.05, 3.63) is 47.0 Å². The fourth-order valence-electron chi connectivity index (χ4n) is 1.76. The van der Waals surface area contributed by atoms with Gasteiger partial charge in [0.05, 0.1) is 12.2 Å². The highest BCUT2D eigenvalue weighted by Crippen LogP contribution is 2.33. The SMILES string of the molecule is C=CC1CCC(c2ccc(Br)cc2)O1. The molecule has 0 amide bonds. The topological polar surface area (TPSA) is 9.23 Å². The van der Waals surface area contributed by atoms with Gasteiger partial charge in [-0.3, -0.25) is 0 Å². The van der Waals surface area contributed by atoms with Crippen LogP contribution in [0.2, 0.25) is 0 Å². The third-order valence-corrected chi connectivity index (χ3v) is 3.09. The quantitative estimate of drug-likeness (QED) is 0.727. The number of hydrogen-bond donors (Lipinski definition) is 0. The number of hydrogen-bond acceptors (Lipinski definition) is 1. The molecule has 2 unspecified atom stereocenters. The molecule has 0 N–H and O–H groups in total. The van der Waals surface area contributed by atoms with E-state index in [-0.39, 0.29) is 12.2 Å². The van der Waals surface area contributed by atoms with Crippen molar-refractivity contribution >= 4 is 15.9 Å². The molecule has 1 aliphatic heterocycles. The molecule has 0 saturated carbocycles. The van der Waals surface area contributed by atoms with E-state index < -0.39 is 0 Å². The summed E-state index contributed by atoms with van der Waals surface area (Å²) in [7, 11) is 0. The van der Waals surface area contributed by atoms with Crippen LogP contribution in [0.15, 0.2) is 41.4 Å². The van der Waals surface area contributed by atoms with Crippen LogP contribution in [0.4, 0.5) is 0 Å². The molecule has 2 heteroatoms. The Labute approximate surface area is 92.9 Å². The number of halogens is 1. The minimum atomic E-state index is 0.239. The minimum Gasteiger partial charge on any atom is -0.366 e. The molecule has 0 spiro atoms. The average molecular weight is 253 g/mol. The van der Waals surface area contributed by atoms with Crippen molar-refractivity contribution in [2.45, 2.75) is 25.0 Å². The second kappa shape index (κ2) is 4.28. The van der Waals surface area contributed by atoms with E-state index in [2.05, 4.69) is 46.8 Å². The summed E-state index contributed by atoms with van der Waals surface area (Å²) >= 11 is 3.42. The molecule has 0 aliphatic carbocycles. The molecule has 1 saturated heterocycles. The lowest BCUT2D eigenvalue weighted by Gasteiger charge is -2.11. The molecule has 2 atom stereocenters. The highest BCUT2D eigenvalue weighted by molar-refractivity contribution is 9.10. The van der Waals surface area contributed by atoms with Crippen LogP contribution >= 0.6 is 15.9 Å². The van der Waals surface area contributed by atoms with Crippen LogP contribution in [-0.4, -0.2) is 6.10 Å². The van der Waals surface area contributed by atoms with Crippen LogP contribution in [-0.2, 0) is 4.74 Å². The van der Waals surface area contributed by atoms with Gasteiger partial charge in [-0.05, 0) is 30.5 Å². The van der Waals surface area contributed by atoms with Gasteiger partial charge in [-0.25, -0.2) is 0 Å². The van der Waals surface area contributed by atoms with Gasteiger partial charge in [0.25, 0.3) is 0 Å². The molecule has 14 heavy (non-hydrogen) atoms. The Balaban J connectivity index is 2.09. The van der Waals surface area contributed by atoms with E-state index in [4.69, 9.17) is 4.74 Å². The third-order valence-electron chi connectivity index (χ3n) is 2.56. The van der Waals surface area contributed by atoms with Crippen LogP contribution in [0.5, 0.6) is 0 Å². The van der Waals surface area contributed by atoms with E-state index in [0.29, 0.717) is 0 Å². The molecule has 1 nitrogen and oxygen atoms in total. The van der Waals surface area contributed by atoms with Crippen LogP contribution in [0.3, 0.4) is 0 Å². The van der Waals surface area contributed by atoms with E-state index in [0.717, 1.165) is 17.3 Å².